The van der Waals surface area contributed by atoms with Gasteiger partial charge >= 0.3 is 5.97 Å². The molecule has 1 saturated heterocycles. The largest absolute Gasteiger partial charge is 0.447 e. The summed E-state index contributed by atoms with van der Waals surface area (Å²) >= 11 is 1.35. The first kappa shape index (κ1) is 18.9. The van der Waals surface area contributed by atoms with Gasteiger partial charge in [0, 0.05) is 25.2 Å². The Balaban J connectivity index is 1.50. The summed E-state index contributed by atoms with van der Waals surface area (Å²) in [6.07, 6.45) is 2.23. The van der Waals surface area contributed by atoms with E-state index in [4.69, 9.17) is 10.00 Å². The Morgan fingerprint density at radius 2 is 2.00 bits per heavy atom. The Labute approximate surface area is 160 Å². The zero-order valence-electron chi connectivity index (χ0n) is 14.5. The Morgan fingerprint density at radius 3 is 2.67 bits per heavy atom. The van der Waals surface area contributed by atoms with Crippen molar-refractivity contribution in [3.8, 4) is 6.07 Å². The molecule has 1 fully saturated rings. The van der Waals surface area contributed by atoms with Gasteiger partial charge in [-0.05, 0) is 37.1 Å². The van der Waals surface area contributed by atoms with Gasteiger partial charge in [-0.1, -0.05) is 11.8 Å². The number of hydrogen-bond acceptors (Lipinski definition) is 7. The summed E-state index contributed by atoms with van der Waals surface area (Å²) in [6.45, 7) is 1.49. The van der Waals surface area contributed by atoms with Crippen molar-refractivity contribution in [1.82, 2.24) is 4.90 Å². The minimum atomic E-state index is -0.603. The molecule has 0 aromatic heterocycles. The van der Waals surface area contributed by atoms with E-state index in [0.29, 0.717) is 5.69 Å². The molecular formula is C18H18N4O4S. The summed E-state index contributed by atoms with van der Waals surface area (Å²) in [5.41, 5.74) is 0.793. The maximum Gasteiger partial charge on any atom is 0.339 e. The molecule has 2 amide bonds. The molecule has 8 nitrogen and oxygen atoms in total. The van der Waals surface area contributed by atoms with Crippen LogP contribution in [0.5, 0.6) is 0 Å². The van der Waals surface area contributed by atoms with Crippen LogP contribution in [0.2, 0.25) is 0 Å². The normalized spacial score (nSPS) is 18.8. The zero-order chi connectivity index (χ0) is 19.2. The molecule has 3 rings (SSSR count). The molecule has 27 heavy (non-hydrogen) atoms. The Kier molecular flexibility index (Phi) is 6.08. The maximum atomic E-state index is 12.2. The van der Waals surface area contributed by atoms with Crippen molar-refractivity contribution in [1.29, 1.82) is 5.26 Å². The highest BCUT2D eigenvalue weighted by Crippen LogP contribution is 2.29. The summed E-state index contributed by atoms with van der Waals surface area (Å²) in [6, 6.07) is 7.85. The molecule has 0 unspecified atom stereocenters. The van der Waals surface area contributed by atoms with E-state index >= 15 is 0 Å². The number of thioether (sulfide) groups is 1. The van der Waals surface area contributed by atoms with Gasteiger partial charge in [-0.3, -0.25) is 9.59 Å². The third-order valence-corrected chi connectivity index (χ3v) is 5.36. The van der Waals surface area contributed by atoms with Crippen LogP contribution in [0.3, 0.4) is 0 Å². The van der Waals surface area contributed by atoms with Crippen molar-refractivity contribution in [3.05, 3.63) is 29.8 Å². The van der Waals surface area contributed by atoms with Gasteiger partial charge in [-0.15, -0.1) is 0 Å². The Morgan fingerprint density at radius 1 is 1.30 bits per heavy atom. The number of aliphatic imine (C=N–C) groups is 1. The quantitative estimate of drug-likeness (QED) is 0.768. The topological polar surface area (TPSA) is 112 Å². The third kappa shape index (κ3) is 4.86. The average molecular weight is 386 g/mol. The second kappa shape index (κ2) is 8.68. The molecule has 9 heteroatoms. The molecule has 1 aromatic carbocycles. The zero-order valence-corrected chi connectivity index (χ0v) is 15.3. The van der Waals surface area contributed by atoms with Crippen molar-refractivity contribution in [3.63, 3.8) is 0 Å². The van der Waals surface area contributed by atoms with Crippen LogP contribution >= 0.6 is 11.8 Å². The van der Waals surface area contributed by atoms with Gasteiger partial charge in [0.1, 0.15) is 11.3 Å². The maximum absolute atomic E-state index is 12.2. The fraction of sp³-hybridized carbons (Fsp3) is 0.389. The molecule has 1 aromatic rings. The van der Waals surface area contributed by atoms with E-state index in [1.807, 2.05) is 0 Å². The highest BCUT2D eigenvalue weighted by atomic mass is 32.2. The predicted octanol–water partition coefficient (Wildman–Crippen LogP) is 1.79. The lowest BCUT2D eigenvalue weighted by molar-refractivity contribution is -0.121. The molecule has 0 saturated carbocycles. The smallest absolute Gasteiger partial charge is 0.339 e. The monoisotopic (exact) mass is 386 g/mol. The van der Waals surface area contributed by atoms with Crippen LogP contribution in [0.15, 0.2) is 29.3 Å². The highest BCUT2D eigenvalue weighted by molar-refractivity contribution is 8.15. The van der Waals surface area contributed by atoms with Crippen LogP contribution < -0.4 is 5.32 Å². The van der Waals surface area contributed by atoms with Crippen LogP contribution in [0.1, 0.15) is 29.6 Å². The van der Waals surface area contributed by atoms with Gasteiger partial charge in [0.15, 0.2) is 11.8 Å². The lowest BCUT2D eigenvalue weighted by Gasteiger charge is -2.16. The second-order valence-corrected chi connectivity index (χ2v) is 7.27. The van der Waals surface area contributed by atoms with Gasteiger partial charge < -0.3 is 15.0 Å². The summed E-state index contributed by atoms with van der Waals surface area (Å²) in [4.78, 5) is 42.1. The van der Waals surface area contributed by atoms with Gasteiger partial charge in [-0.2, -0.15) is 10.3 Å². The van der Waals surface area contributed by atoms with E-state index in [2.05, 4.69) is 15.2 Å². The van der Waals surface area contributed by atoms with Gasteiger partial charge in [0.25, 0.3) is 5.91 Å². The number of anilines is 1. The van der Waals surface area contributed by atoms with Crippen LogP contribution in [0.25, 0.3) is 0 Å². The van der Waals surface area contributed by atoms with Gasteiger partial charge in [0.05, 0.1) is 5.56 Å². The molecule has 1 N–H and O–H groups in total. The van der Waals surface area contributed by atoms with Crippen LogP contribution in [0.4, 0.5) is 5.69 Å². The molecule has 0 aliphatic carbocycles. The van der Waals surface area contributed by atoms with Crippen molar-refractivity contribution in [2.24, 2.45) is 4.99 Å². The van der Waals surface area contributed by atoms with Crippen molar-refractivity contribution < 1.29 is 19.1 Å². The SMILES string of the molecule is N#CCOC(=O)c1ccc(NC(=O)C[C@H]2SC(N3CCCC3)=NC2=O)cc1. The van der Waals surface area contributed by atoms with Crippen LogP contribution in [-0.4, -0.2) is 52.8 Å². The average Bonchev–Trinajstić information content (AvgIpc) is 3.31. The molecular weight excluding hydrogens is 368 g/mol. The number of nitrogens with one attached hydrogen (secondary N) is 1. The van der Waals surface area contributed by atoms with Crippen LogP contribution in [-0.2, 0) is 14.3 Å². The molecule has 2 heterocycles. The molecule has 140 valence electrons. The number of benzene rings is 1. The number of nitrogens with zero attached hydrogens (tertiary/aromatic N) is 3. The summed E-state index contributed by atoms with van der Waals surface area (Å²) in [5, 5.41) is 11.3. The number of amidine groups is 1. The predicted molar refractivity (Wildman–Crippen MR) is 100 cm³/mol. The molecule has 0 spiro atoms. The number of esters is 1. The van der Waals surface area contributed by atoms with Gasteiger partial charge in [0.2, 0.25) is 5.91 Å². The minimum absolute atomic E-state index is 0.0380. The van der Waals surface area contributed by atoms with Crippen LogP contribution in [0, 0.1) is 11.3 Å². The molecule has 1 atom stereocenters. The highest BCUT2D eigenvalue weighted by Gasteiger charge is 2.33. The summed E-state index contributed by atoms with van der Waals surface area (Å²) in [5.74, 6) is -1.17. The number of ether oxygens (including phenoxy) is 1. The number of carbonyl (C=O) groups is 3. The van der Waals surface area contributed by atoms with E-state index in [1.165, 1.54) is 23.9 Å². The molecule has 2 aliphatic heterocycles. The lowest BCUT2D eigenvalue weighted by atomic mass is 10.2. The Hall–Kier alpha value is -2.86. The fourth-order valence-electron chi connectivity index (χ4n) is 2.80. The van der Waals surface area contributed by atoms with Crippen molar-refractivity contribution in [2.45, 2.75) is 24.5 Å². The Bertz CT molecular complexity index is 810. The van der Waals surface area contributed by atoms with E-state index in [1.54, 1.807) is 18.2 Å². The molecule has 2 aliphatic rings. The van der Waals surface area contributed by atoms with Crippen molar-refractivity contribution >= 4 is 40.4 Å². The first-order valence-electron chi connectivity index (χ1n) is 8.55. The number of likely N-dealkylation sites (tertiary alicyclic amines) is 1. The first-order valence-corrected chi connectivity index (χ1v) is 9.43. The van der Waals surface area contributed by atoms with Crippen molar-refractivity contribution in [2.75, 3.05) is 25.0 Å². The molecule has 0 bridgehead atoms. The number of carbonyl (C=O) groups excluding carboxylic acids is 3. The third-order valence-electron chi connectivity index (χ3n) is 4.15. The summed E-state index contributed by atoms with van der Waals surface area (Å²) < 4.78 is 4.71. The fourth-order valence-corrected chi connectivity index (χ4v) is 3.92. The van der Waals surface area contributed by atoms with Gasteiger partial charge in [-0.25, -0.2) is 4.79 Å². The number of hydrogen-bond donors (Lipinski definition) is 1. The lowest BCUT2D eigenvalue weighted by Crippen LogP contribution is -2.25. The number of rotatable bonds is 5. The summed E-state index contributed by atoms with van der Waals surface area (Å²) in [7, 11) is 0. The number of nitriles is 1. The standard InChI is InChI=1S/C18H18N4O4S/c19-7-10-26-17(25)12-3-5-13(6-4-12)20-15(23)11-14-16(24)21-18(27-14)22-8-1-2-9-22/h3-6,14H,1-2,8-11H2,(H,20,23)/t14-/m1/s1. The second-order valence-electron chi connectivity index (χ2n) is 6.10. The molecule has 0 radical (unpaired) electrons. The number of amides is 2. The minimum Gasteiger partial charge on any atom is -0.447 e. The van der Waals surface area contributed by atoms with E-state index in [-0.39, 0.29) is 30.4 Å². The first-order chi connectivity index (χ1) is 13.1. The van der Waals surface area contributed by atoms with E-state index in [0.717, 1.165) is 31.1 Å². The van der Waals surface area contributed by atoms with E-state index in [9.17, 15) is 14.4 Å². The van der Waals surface area contributed by atoms with E-state index < -0.39 is 11.2 Å².